The zero-order valence-corrected chi connectivity index (χ0v) is 58.9. The molecule has 1 aliphatic rings. The molecule has 0 amide bonds. The summed E-state index contributed by atoms with van der Waals surface area (Å²) in [6, 6.07) is 12.1. The van der Waals surface area contributed by atoms with Gasteiger partial charge in [-0.1, -0.05) is 53.4 Å². The average Bonchev–Trinajstić information content (AvgIpc) is 2.54. The van der Waals surface area contributed by atoms with Crippen LogP contribution in [0.1, 0.15) is 258 Å². The molecular weight excluding hydrogens is 1210 g/mol. The van der Waals surface area contributed by atoms with Crippen LogP contribution in [-0.2, 0) is 54.5 Å². The lowest BCUT2D eigenvalue weighted by atomic mass is 9.77. The lowest BCUT2D eigenvalue weighted by molar-refractivity contribution is 0.102. The molecule has 24 heteroatoms. The van der Waals surface area contributed by atoms with Gasteiger partial charge in [0.1, 0.15) is 46.0 Å². The van der Waals surface area contributed by atoms with Crippen molar-refractivity contribution in [3.63, 3.8) is 0 Å². The largest absolute Gasteiger partial charge is 0.530 e. The van der Waals surface area contributed by atoms with Gasteiger partial charge in [-0.25, -0.2) is 18.3 Å². The fraction of sp³-hybridized carbons (Fsp3) is 0.625. The number of phenolic OH excluding ortho intramolecular Hbond substituents is 4. The van der Waals surface area contributed by atoms with Crippen LogP contribution >= 0.6 is 31.3 Å². The molecule has 496 valence electrons. The first-order valence-electron chi connectivity index (χ1n) is 31.1. The fourth-order valence-corrected chi connectivity index (χ4v) is 17.1. The van der Waals surface area contributed by atoms with Crippen molar-refractivity contribution in [1.82, 2.24) is 0 Å². The third-order valence-corrected chi connectivity index (χ3v) is 20.6. The van der Waals surface area contributed by atoms with E-state index >= 15 is 0 Å². The van der Waals surface area contributed by atoms with Crippen molar-refractivity contribution in [2.45, 2.75) is 262 Å². The predicted molar refractivity (Wildman–Crippen MR) is 342 cm³/mol. The number of fused-ring (bicyclic) bond motifs is 8. The molecule has 0 saturated heterocycles. The average molecular weight is 1310 g/mol. The third kappa shape index (κ3) is 19.9. The summed E-state index contributed by atoms with van der Waals surface area (Å²) in [4.78, 5) is 0. The molecule has 4 aromatic rings. The van der Waals surface area contributed by atoms with Crippen molar-refractivity contribution in [1.29, 1.82) is 0 Å². The highest BCUT2D eigenvalue weighted by Gasteiger charge is 2.42. The number of rotatable bonds is 32. The number of phosphoric acid groups is 4. The molecule has 4 atom stereocenters. The quantitative estimate of drug-likeness (QED) is 0.0331. The molecule has 88 heavy (non-hydrogen) atoms. The molecule has 4 N–H and O–H groups in total. The van der Waals surface area contributed by atoms with E-state index in [9.17, 15) is 38.7 Å². The molecule has 20 nitrogen and oxygen atoms in total. The Morgan fingerprint density at radius 3 is 0.557 bits per heavy atom. The number of aromatic hydroxyl groups is 4. The normalized spacial score (nSPS) is 17.0. The van der Waals surface area contributed by atoms with Crippen molar-refractivity contribution in [3.8, 4) is 46.0 Å². The van der Waals surface area contributed by atoms with Gasteiger partial charge in [0.25, 0.3) is 0 Å². The highest BCUT2D eigenvalue weighted by Crippen LogP contribution is 2.62. The number of benzene rings is 4. The molecule has 0 fully saturated rings. The lowest BCUT2D eigenvalue weighted by Gasteiger charge is -2.32. The summed E-state index contributed by atoms with van der Waals surface area (Å²) < 4.78 is 134. The van der Waals surface area contributed by atoms with Crippen molar-refractivity contribution in [3.05, 3.63) is 93.0 Å². The smallest absolute Gasteiger partial charge is 0.508 e. The van der Waals surface area contributed by atoms with Gasteiger partial charge in [0.15, 0.2) is 0 Å². The molecule has 4 aromatic carbocycles. The summed E-state index contributed by atoms with van der Waals surface area (Å²) in [6.07, 6.45) is -2.33. The first-order valence-corrected chi connectivity index (χ1v) is 37.0. The summed E-state index contributed by atoms with van der Waals surface area (Å²) in [7, 11) is -18.2. The summed E-state index contributed by atoms with van der Waals surface area (Å²) in [5, 5.41) is 51.1. The number of hydrogen-bond acceptors (Lipinski definition) is 20. The molecule has 1 aliphatic carbocycles. The second-order valence-corrected chi connectivity index (χ2v) is 30.5. The Morgan fingerprint density at radius 1 is 0.284 bits per heavy atom. The Morgan fingerprint density at radius 2 is 0.432 bits per heavy atom. The molecule has 0 aromatic heterocycles. The highest BCUT2D eigenvalue weighted by molar-refractivity contribution is 7.49. The van der Waals surface area contributed by atoms with E-state index in [2.05, 4.69) is 0 Å². The zero-order chi connectivity index (χ0) is 66.0. The Bertz CT molecular complexity index is 2690. The summed E-state index contributed by atoms with van der Waals surface area (Å²) in [6.45, 7) is 34.6. The van der Waals surface area contributed by atoms with Crippen LogP contribution in [0, 0.1) is 0 Å². The Hall–Kier alpha value is -4.12. The predicted octanol–water partition coefficient (Wildman–Crippen LogP) is 19.9. The highest BCUT2D eigenvalue weighted by atomic mass is 31.2. The molecule has 0 radical (unpaired) electrons. The van der Waals surface area contributed by atoms with Gasteiger partial charge < -0.3 is 38.5 Å². The van der Waals surface area contributed by atoms with E-state index in [1.165, 1.54) is 24.3 Å². The van der Waals surface area contributed by atoms with Crippen LogP contribution in [0.2, 0.25) is 0 Å². The van der Waals surface area contributed by atoms with E-state index < -0.39 is 104 Å². The van der Waals surface area contributed by atoms with Crippen LogP contribution in [0.15, 0.2) is 48.5 Å². The first kappa shape index (κ1) is 74.6. The van der Waals surface area contributed by atoms with Gasteiger partial charge in [-0.15, -0.1) is 0 Å². The molecule has 0 saturated carbocycles. The Labute approximate surface area is 523 Å². The molecule has 0 aliphatic heterocycles. The molecule has 8 bridgehead atoms. The monoisotopic (exact) mass is 1310 g/mol. The van der Waals surface area contributed by atoms with E-state index in [1.807, 2.05) is 27.7 Å². The first-order chi connectivity index (χ1) is 41.0. The molecular formula is C64H100O20P4. The number of phenols is 4. The molecule has 0 spiro atoms. The van der Waals surface area contributed by atoms with Crippen molar-refractivity contribution < 1.29 is 93.0 Å². The van der Waals surface area contributed by atoms with Crippen LogP contribution in [0.25, 0.3) is 0 Å². The maximum absolute atomic E-state index is 15.0. The van der Waals surface area contributed by atoms with Gasteiger partial charge in [0.05, 0.1) is 48.8 Å². The van der Waals surface area contributed by atoms with Crippen LogP contribution in [0.3, 0.4) is 0 Å². The van der Waals surface area contributed by atoms with Gasteiger partial charge in [-0.3, -0.25) is 36.2 Å². The number of hydrogen-bond donors (Lipinski definition) is 4. The molecule has 0 unspecified atom stereocenters. The van der Waals surface area contributed by atoms with Crippen molar-refractivity contribution in [2.24, 2.45) is 0 Å². The molecule has 0 heterocycles. The zero-order valence-electron chi connectivity index (χ0n) is 55.3. The maximum atomic E-state index is 15.0. The van der Waals surface area contributed by atoms with Crippen molar-refractivity contribution >= 4 is 31.3 Å². The van der Waals surface area contributed by atoms with E-state index in [0.717, 1.165) is 0 Å². The van der Waals surface area contributed by atoms with Gasteiger partial charge in [-0.2, -0.15) is 0 Å². The van der Waals surface area contributed by atoms with E-state index in [1.54, 1.807) is 135 Å². The third-order valence-electron chi connectivity index (χ3n) is 13.5. The van der Waals surface area contributed by atoms with Gasteiger partial charge in [0.2, 0.25) is 0 Å². The Balaban J connectivity index is 2.19. The standard InChI is InChI=1S/C64H100O20P4/c1-21-25-45-49-29-54(62(33-57(49)65)82-86(70,75-39(9)10)76-40(11)12)47(27-23-3)51-31-56(64(35-59(51)67)84-88(72,79-43(17)18)80-44(19)20)48(28-24-4)52-32-55(63(36-60(52)68)83-87(71,77-41(13)14)78-42(15)16)46(26-22-2)50-30-53(45)61(34-58(50)66)81-85(69,73-37(5)6)74-38(7)8/h29-48,65-68H,21-28H2,1-20H3/t45-,46-,47-,48-/m0/s1. The summed E-state index contributed by atoms with van der Waals surface area (Å²) in [5.41, 5.74) is 2.34. The van der Waals surface area contributed by atoms with Gasteiger partial charge in [-0.05, 0) is 161 Å². The Kier molecular flexibility index (Phi) is 27.1. The van der Waals surface area contributed by atoms with Crippen LogP contribution < -0.4 is 18.1 Å². The molecule has 5 rings (SSSR count). The summed E-state index contributed by atoms with van der Waals surface area (Å²) >= 11 is 0. The second kappa shape index (κ2) is 31.9. The van der Waals surface area contributed by atoms with Gasteiger partial charge >= 0.3 is 31.3 Å². The minimum absolute atomic E-state index is 0.114. The minimum atomic E-state index is -4.54. The lowest BCUT2D eigenvalue weighted by Crippen LogP contribution is -2.16. The van der Waals surface area contributed by atoms with Crippen LogP contribution in [0.5, 0.6) is 46.0 Å². The minimum Gasteiger partial charge on any atom is -0.508 e. The topological polar surface area (TPSA) is 260 Å². The second-order valence-electron chi connectivity index (χ2n) is 24.5. The maximum Gasteiger partial charge on any atom is 0.530 e. The fourth-order valence-electron chi connectivity index (χ4n) is 10.8. The van der Waals surface area contributed by atoms with E-state index in [0.29, 0.717) is 47.9 Å². The van der Waals surface area contributed by atoms with Crippen molar-refractivity contribution in [2.75, 3.05) is 0 Å². The summed E-state index contributed by atoms with van der Waals surface area (Å²) in [5.74, 6) is -5.44. The van der Waals surface area contributed by atoms with E-state index in [-0.39, 0.29) is 93.9 Å². The van der Waals surface area contributed by atoms with Gasteiger partial charge in [0, 0.05) is 92.4 Å². The van der Waals surface area contributed by atoms with E-state index in [4.69, 9.17) is 54.3 Å². The van der Waals surface area contributed by atoms with Crippen LogP contribution in [0.4, 0.5) is 0 Å². The van der Waals surface area contributed by atoms with Crippen LogP contribution in [-0.4, -0.2) is 69.3 Å². The SMILES string of the molecule is CCC[C@H]1c2cc(c(OP(=O)(OC(C)C)OC(C)C)cc2O)[C@@H](CCC)c2cc(c(OP(=O)(OC(C)C)OC(C)C)cc2O)[C@@H](CCC)c2cc(c(OP(=O)(OC(C)C)OC(C)C)cc2O)[C@@H](CCC)c2cc1c(OP(=O)(OC(C)C)OC(C)C)cc2O. The number of phosphoric ester groups is 4.